The molecule has 0 unspecified atom stereocenters. The van der Waals surface area contributed by atoms with Gasteiger partial charge in [0.1, 0.15) is 0 Å². The van der Waals surface area contributed by atoms with E-state index in [2.05, 4.69) is 15.7 Å². The van der Waals surface area contributed by atoms with Crippen molar-refractivity contribution in [2.75, 3.05) is 10.6 Å². The molecule has 3 aromatic rings. The van der Waals surface area contributed by atoms with Gasteiger partial charge in [-0.15, -0.1) is 0 Å². The summed E-state index contributed by atoms with van der Waals surface area (Å²) < 4.78 is 1.78. The molecule has 7 heteroatoms. The smallest absolute Gasteiger partial charge is 0.176 e. The molecule has 0 atom stereocenters. The quantitative estimate of drug-likeness (QED) is 0.625. The van der Waals surface area contributed by atoms with Gasteiger partial charge in [-0.3, -0.25) is 4.68 Å². The van der Waals surface area contributed by atoms with Crippen LogP contribution in [0.1, 0.15) is 5.56 Å². The van der Waals surface area contributed by atoms with Crippen LogP contribution in [0.3, 0.4) is 0 Å². The van der Waals surface area contributed by atoms with E-state index in [0.717, 1.165) is 11.3 Å². The van der Waals surface area contributed by atoms with Crippen LogP contribution in [0.15, 0.2) is 60.8 Å². The molecule has 1 heterocycles. The van der Waals surface area contributed by atoms with Crippen LogP contribution in [0, 0.1) is 0 Å². The van der Waals surface area contributed by atoms with Crippen LogP contribution in [-0.2, 0) is 6.54 Å². The van der Waals surface area contributed by atoms with E-state index in [1.54, 1.807) is 10.7 Å². The van der Waals surface area contributed by atoms with Gasteiger partial charge in [0.15, 0.2) is 10.9 Å². The Hall–Kier alpha value is -2.08. The maximum atomic E-state index is 6.19. The third kappa shape index (κ3) is 4.47. The molecule has 0 fully saturated rings. The average Bonchev–Trinajstić information content (AvgIpc) is 2.98. The molecule has 0 saturated heterocycles. The molecule has 0 aliphatic carbocycles. The lowest BCUT2D eigenvalue weighted by Gasteiger charge is -2.08. The van der Waals surface area contributed by atoms with Crippen LogP contribution in [0.5, 0.6) is 0 Å². The number of anilines is 2. The molecule has 4 nitrogen and oxygen atoms in total. The topological polar surface area (TPSA) is 41.9 Å². The van der Waals surface area contributed by atoms with Gasteiger partial charge in [0.05, 0.1) is 6.54 Å². The van der Waals surface area contributed by atoms with E-state index >= 15 is 0 Å². The third-order valence-electron chi connectivity index (χ3n) is 3.26. The normalized spacial score (nSPS) is 10.4. The van der Waals surface area contributed by atoms with Crippen molar-refractivity contribution in [3.63, 3.8) is 0 Å². The number of rotatable bonds is 4. The van der Waals surface area contributed by atoms with E-state index in [-0.39, 0.29) is 0 Å². The Labute approximate surface area is 155 Å². The summed E-state index contributed by atoms with van der Waals surface area (Å²) in [6.45, 7) is 0.552. The zero-order chi connectivity index (χ0) is 16.9. The van der Waals surface area contributed by atoms with Gasteiger partial charge in [-0.25, -0.2) is 0 Å². The number of benzene rings is 2. The van der Waals surface area contributed by atoms with Crippen molar-refractivity contribution in [1.29, 1.82) is 0 Å². The first-order chi connectivity index (χ1) is 11.6. The van der Waals surface area contributed by atoms with Crippen molar-refractivity contribution in [2.24, 2.45) is 0 Å². The lowest BCUT2D eigenvalue weighted by atomic mass is 10.2. The molecule has 122 valence electrons. The highest BCUT2D eigenvalue weighted by Gasteiger charge is 2.05. The first-order valence-electron chi connectivity index (χ1n) is 7.20. The predicted molar refractivity (Wildman–Crippen MR) is 104 cm³/mol. The molecule has 0 spiro atoms. The minimum absolute atomic E-state index is 0.482. The largest absolute Gasteiger partial charge is 0.332 e. The number of thiocarbonyl (C=S) groups is 1. The minimum Gasteiger partial charge on any atom is -0.332 e. The van der Waals surface area contributed by atoms with Crippen LogP contribution in [-0.4, -0.2) is 14.9 Å². The molecule has 0 aliphatic heterocycles. The molecule has 0 amide bonds. The molecule has 0 radical (unpaired) electrons. The van der Waals surface area contributed by atoms with E-state index in [1.807, 2.05) is 54.7 Å². The highest BCUT2D eigenvalue weighted by Crippen LogP contribution is 2.21. The molecule has 0 aliphatic rings. The van der Waals surface area contributed by atoms with Gasteiger partial charge in [-0.05, 0) is 42.0 Å². The summed E-state index contributed by atoms with van der Waals surface area (Å²) in [4.78, 5) is 0. The monoisotopic (exact) mass is 376 g/mol. The fourth-order valence-corrected chi connectivity index (χ4v) is 2.83. The number of hydrogen-bond donors (Lipinski definition) is 2. The third-order valence-corrected chi connectivity index (χ3v) is 4.05. The predicted octanol–water partition coefficient (Wildman–Crippen LogP) is 5.05. The highest BCUT2D eigenvalue weighted by molar-refractivity contribution is 7.80. The SMILES string of the molecule is S=C(Nc1ccccc1)Nc1ccn(Cc2ccc(Cl)cc2Cl)n1. The lowest BCUT2D eigenvalue weighted by Crippen LogP contribution is -2.19. The van der Waals surface area contributed by atoms with Crippen molar-refractivity contribution in [3.8, 4) is 0 Å². The lowest BCUT2D eigenvalue weighted by molar-refractivity contribution is 0.690. The van der Waals surface area contributed by atoms with Gasteiger partial charge >= 0.3 is 0 Å². The number of nitrogens with zero attached hydrogens (tertiary/aromatic N) is 2. The summed E-state index contributed by atoms with van der Waals surface area (Å²) in [6, 6.07) is 17.0. The van der Waals surface area contributed by atoms with Crippen LogP contribution in [0.25, 0.3) is 0 Å². The number of aromatic nitrogens is 2. The van der Waals surface area contributed by atoms with Gasteiger partial charge in [0.2, 0.25) is 0 Å². The fraction of sp³-hybridized carbons (Fsp3) is 0.0588. The van der Waals surface area contributed by atoms with Crippen molar-refractivity contribution < 1.29 is 0 Å². The summed E-state index contributed by atoms with van der Waals surface area (Å²) in [5.41, 5.74) is 1.86. The number of para-hydroxylation sites is 1. The van der Waals surface area contributed by atoms with E-state index in [9.17, 15) is 0 Å². The Morgan fingerprint density at radius 3 is 2.58 bits per heavy atom. The van der Waals surface area contributed by atoms with Gasteiger partial charge in [-0.1, -0.05) is 47.5 Å². The Balaban J connectivity index is 1.62. The van der Waals surface area contributed by atoms with E-state index in [0.29, 0.717) is 27.5 Å². The van der Waals surface area contributed by atoms with Gasteiger partial charge < -0.3 is 10.6 Å². The summed E-state index contributed by atoms with van der Waals surface area (Å²) >= 11 is 17.4. The summed E-state index contributed by atoms with van der Waals surface area (Å²) in [5.74, 6) is 0.661. The Kier molecular flexibility index (Phi) is 5.35. The van der Waals surface area contributed by atoms with Crippen LogP contribution < -0.4 is 10.6 Å². The van der Waals surface area contributed by atoms with E-state index in [4.69, 9.17) is 35.4 Å². The zero-order valence-corrected chi connectivity index (χ0v) is 14.9. The molecule has 2 N–H and O–H groups in total. The zero-order valence-electron chi connectivity index (χ0n) is 12.5. The fourth-order valence-electron chi connectivity index (χ4n) is 2.14. The number of hydrogen-bond acceptors (Lipinski definition) is 2. The summed E-state index contributed by atoms with van der Waals surface area (Å²) in [6.07, 6.45) is 1.86. The average molecular weight is 377 g/mol. The molecular formula is C17H14Cl2N4S. The van der Waals surface area contributed by atoms with E-state index in [1.165, 1.54) is 0 Å². The Morgan fingerprint density at radius 2 is 1.83 bits per heavy atom. The van der Waals surface area contributed by atoms with E-state index < -0.39 is 0 Å². The van der Waals surface area contributed by atoms with Crippen LogP contribution in [0.4, 0.5) is 11.5 Å². The Morgan fingerprint density at radius 1 is 1.04 bits per heavy atom. The van der Waals surface area contributed by atoms with Crippen molar-refractivity contribution in [1.82, 2.24) is 9.78 Å². The molecule has 24 heavy (non-hydrogen) atoms. The molecule has 3 rings (SSSR count). The highest BCUT2D eigenvalue weighted by atomic mass is 35.5. The van der Waals surface area contributed by atoms with Crippen molar-refractivity contribution in [3.05, 3.63) is 76.4 Å². The maximum absolute atomic E-state index is 6.19. The van der Waals surface area contributed by atoms with Crippen molar-refractivity contribution >= 4 is 52.0 Å². The summed E-state index contributed by atoms with van der Waals surface area (Å²) in [5, 5.41) is 12.3. The van der Waals surface area contributed by atoms with Crippen molar-refractivity contribution in [2.45, 2.75) is 6.54 Å². The summed E-state index contributed by atoms with van der Waals surface area (Å²) in [7, 11) is 0. The molecular weight excluding hydrogens is 363 g/mol. The van der Waals surface area contributed by atoms with Gasteiger partial charge in [0, 0.05) is 28.0 Å². The molecule has 0 bridgehead atoms. The Bertz CT molecular complexity index is 849. The second-order valence-electron chi connectivity index (χ2n) is 5.08. The number of halogens is 2. The number of nitrogens with one attached hydrogen (secondary N) is 2. The first-order valence-corrected chi connectivity index (χ1v) is 8.37. The van der Waals surface area contributed by atoms with Gasteiger partial charge in [-0.2, -0.15) is 5.10 Å². The molecule has 2 aromatic carbocycles. The van der Waals surface area contributed by atoms with Crippen LogP contribution in [0.2, 0.25) is 10.0 Å². The molecule has 0 saturated carbocycles. The standard InChI is InChI=1S/C17H14Cl2N4S/c18-13-7-6-12(15(19)10-13)11-23-9-8-16(22-23)21-17(24)20-14-4-2-1-3-5-14/h1-10H,11H2,(H2,20,21,22,24). The second kappa shape index (κ2) is 7.66. The molecule has 1 aromatic heterocycles. The van der Waals surface area contributed by atoms with Crippen LogP contribution >= 0.6 is 35.4 Å². The minimum atomic E-state index is 0.482. The van der Waals surface area contributed by atoms with Gasteiger partial charge in [0.25, 0.3) is 0 Å². The first kappa shape index (κ1) is 16.8. The second-order valence-corrected chi connectivity index (χ2v) is 6.33. The maximum Gasteiger partial charge on any atom is 0.176 e.